The number of thiophene rings is 1. The van der Waals surface area contributed by atoms with Crippen LogP contribution in [0.25, 0.3) is 10.1 Å². The topological polar surface area (TPSA) is 75.4 Å². The quantitative estimate of drug-likeness (QED) is 0.751. The van der Waals surface area contributed by atoms with Crippen molar-refractivity contribution in [3.05, 3.63) is 29.1 Å². The maximum atomic E-state index is 12.8. The first-order valence-electron chi connectivity index (χ1n) is 5.47. The van der Waals surface area contributed by atoms with Crippen LogP contribution in [0.2, 0.25) is 0 Å². The minimum absolute atomic E-state index is 0.328. The lowest BCUT2D eigenvalue weighted by molar-refractivity contribution is -0.0461. The van der Waals surface area contributed by atoms with Crippen LogP contribution in [0, 0.1) is 0 Å². The van der Waals surface area contributed by atoms with E-state index in [0.29, 0.717) is 10.6 Å². The molecule has 0 saturated heterocycles. The van der Waals surface area contributed by atoms with Gasteiger partial charge in [-0.15, -0.1) is 11.3 Å². The van der Waals surface area contributed by atoms with E-state index in [1.54, 1.807) is 24.3 Å². The normalized spacial score (nSPS) is 11.7. The van der Waals surface area contributed by atoms with Crippen molar-refractivity contribution in [2.45, 2.75) is 5.92 Å². The minimum Gasteiger partial charge on any atom is -0.399 e. The third kappa shape index (κ3) is 3.18. The summed E-state index contributed by atoms with van der Waals surface area (Å²) < 4.78 is 26.5. The number of alkyl halides is 2. The highest BCUT2D eigenvalue weighted by molar-refractivity contribution is 7.20. The van der Waals surface area contributed by atoms with E-state index < -0.39 is 25.0 Å². The molecule has 0 spiro atoms. The number of aliphatic hydroxyl groups excluding tert-OH is 1. The number of hydrogen-bond donors (Lipinski definition) is 3. The Morgan fingerprint density at radius 3 is 2.84 bits per heavy atom. The summed E-state index contributed by atoms with van der Waals surface area (Å²) in [4.78, 5) is 12.0. The maximum absolute atomic E-state index is 12.8. The summed E-state index contributed by atoms with van der Waals surface area (Å²) in [7, 11) is 0. The lowest BCUT2D eigenvalue weighted by Gasteiger charge is -2.13. The van der Waals surface area contributed by atoms with E-state index in [4.69, 9.17) is 10.8 Å². The zero-order valence-electron chi connectivity index (χ0n) is 9.82. The Labute approximate surface area is 111 Å². The van der Waals surface area contributed by atoms with Crippen LogP contribution >= 0.6 is 11.3 Å². The number of nitrogen functional groups attached to an aromatic ring is 1. The predicted molar refractivity (Wildman–Crippen MR) is 70.6 cm³/mol. The average Bonchev–Trinajstić information content (AvgIpc) is 2.79. The van der Waals surface area contributed by atoms with Gasteiger partial charge in [0.1, 0.15) is 6.61 Å². The molecule has 4 N–H and O–H groups in total. The SMILES string of the molecule is Nc1ccc2sc(C(=O)NCC(F)(F)CO)cc2c1. The standard InChI is InChI=1S/C12H12F2N2O2S/c13-12(14,6-17)5-16-11(18)10-4-7-3-8(15)1-2-9(7)19-10/h1-4,17H,5-6,15H2,(H,16,18). The number of hydrogen-bond acceptors (Lipinski definition) is 4. The molecule has 1 amide bonds. The van der Waals surface area contributed by atoms with E-state index in [0.717, 1.165) is 10.1 Å². The zero-order valence-corrected chi connectivity index (χ0v) is 10.6. The van der Waals surface area contributed by atoms with Crippen LogP contribution < -0.4 is 11.1 Å². The summed E-state index contributed by atoms with van der Waals surface area (Å²) in [5, 5.41) is 11.3. The Kier molecular flexibility index (Phi) is 3.68. The first-order chi connectivity index (χ1) is 8.91. The molecule has 1 heterocycles. The Balaban J connectivity index is 2.13. The first-order valence-corrected chi connectivity index (χ1v) is 6.29. The molecule has 19 heavy (non-hydrogen) atoms. The molecule has 0 fully saturated rings. The third-order valence-corrected chi connectivity index (χ3v) is 3.62. The molecular formula is C12H12F2N2O2S. The second kappa shape index (κ2) is 5.10. The molecule has 1 aromatic carbocycles. The number of anilines is 1. The van der Waals surface area contributed by atoms with Gasteiger partial charge in [0.05, 0.1) is 11.4 Å². The van der Waals surface area contributed by atoms with Crippen molar-refractivity contribution in [1.29, 1.82) is 0 Å². The second-order valence-electron chi connectivity index (χ2n) is 4.10. The number of aliphatic hydroxyl groups is 1. The second-order valence-corrected chi connectivity index (χ2v) is 5.19. The van der Waals surface area contributed by atoms with Gasteiger partial charge in [0.15, 0.2) is 0 Å². The van der Waals surface area contributed by atoms with E-state index in [1.165, 1.54) is 11.3 Å². The molecule has 4 nitrogen and oxygen atoms in total. The lowest BCUT2D eigenvalue weighted by Crippen LogP contribution is -2.38. The van der Waals surface area contributed by atoms with Crippen molar-refractivity contribution < 1.29 is 18.7 Å². The van der Waals surface area contributed by atoms with Crippen molar-refractivity contribution in [3.63, 3.8) is 0 Å². The average molecular weight is 286 g/mol. The van der Waals surface area contributed by atoms with E-state index in [2.05, 4.69) is 5.32 Å². The van der Waals surface area contributed by atoms with Crippen molar-refractivity contribution in [2.75, 3.05) is 18.9 Å². The summed E-state index contributed by atoms with van der Waals surface area (Å²) in [6, 6.07) is 6.79. The lowest BCUT2D eigenvalue weighted by atomic mass is 10.2. The van der Waals surface area contributed by atoms with Crippen LogP contribution in [0.5, 0.6) is 0 Å². The first kappa shape index (κ1) is 13.7. The smallest absolute Gasteiger partial charge is 0.287 e. The molecule has 0 aliphatic heterocycles. The van der Waals surface area contributed by atoms with Crippen LogP contribution in [-0.2, 0) is 0 Å². The predicted octanol–water partition coefficient (Wildman–Crippen LogP) is 1.84. The summed E-state index contributed by atoms with van der Waals surface area (Å²) in [6.07, 6.45) is 0. The number of amides is 1. The van der Waals surface area contributed by atoms with Crippen molar-refractivity contribution in [3.8, 4) is 0 Å². The number of benzene rings is 1. The Hall–Kier alpha value is -1.73. The van der Waals surface area contributed by atoms with Crippen LogP contribution in [-0.4, -0.2) is 30.1 Å². The van der Waals surface area contributed by atoms with Gasteiger partial charge in [-0.3, -0.25) is 4.79 Å². The molecule has 0 radical (unpaired) electrons. The maximum Gasteiger partial charge on any atom is 0.287 e. The highest BCUT2D eigenvalue weighted by Gasteiger charge is 2.28. The Morgan fingerprint density at radius 1 is 1.42 bits per heavy atom. The molecule has 0 saturated carbocycles. The summed E-state index contributed by atoms with van der Waals surface area (Å²) in [5.74, 6) is -3.90. The van der Waals surface area contributed by atoms with Crippen LogP contribution in [0.1, 0.15) is 9.67 Å². The van der Waals surface area contributed by atoms with Gasteiger partial charge in [-0.05, 0) is 29.7 Å². The van der Waals surface area contributed by atoms with Gasteiger partial charge in [-0.2, -0.15) is 0 Å². The highest BCUT2D eigenvalue weighted by Crippen LogP contribution is 2.27. The van der Waals surface area contributed by atoms with Crippen LogP contribution in [0.15, 0.2) is 24.3 Å². The number of nitrogens with two attached hydrogens (primary N) is 1. The zero-order chi connectivity index (χ0) is 14.0. The van der Waals surface area contributed by atoms with Gasteiger partial charge < -0.3 is 16.2 Å². The van der Waals surface area contributed by atoms with E-state index in [1.807, 2.05) is 0 Å². The van der Waals surface area contributed by atoms with Crippen molar-refractivity contribution in [2.24, 2.45) is 0 Å². The van der Waals surface area contributed by atoms with Gasteiger partial charge in [-0.1, -0.05) is 0 Å². The number of nitrogens with one attached hydrogen (secondary N) is 1. The van der Waals surface area contributed by atoms with E-state index >= 15 is 0 Å². The fourth-order valence-corrected chi connectivity index (χ4v) is 2.49. The van der Waals surface area contributed by atoms with E-state index in [9.17, 15) is 13.6 Å². The number of halogens is 2. The van der Waals surface area contributed by atoms with Gasteiger partial charge in [0.2, 0.25) is 0 Å². The number of rotatable bonds is 4. The summed E-state index contributed by atoms with van der Waals surface area (Å²) >= 11 is 1.20. The Bertz CT molecular complexity index is 613. The molecule has 0 aliphatic carbocycles. The summed E-state index contributed by atoms with van der Waals surface area (Å²) in [5.41, 5.74) is 6.19. The molecule has 0 atom stereocenters. The molecule has 0 unspecified atom stereocenters. The monoisotopic (exact) mass is 286 g/mol. The molecule has 2 aromatic rings. The number of carbonyl (C=O) groups is 1. The molecule has 1 aromatic heterocycles. The van der Waals surface area contributed by atoms with Crippen LogP contribution in [0.4, 0.5) is 14.5 Å². The molecule has 0 bridgehead atoms. The van der Waals surface area contributed by atoms with Gasteiger partial charge in [-0.25, -0.2) is 8.78 Å². The molecular weight excluding hydrogens is 274 g/mol. The fourth-order valence-electron chi connectivity index (χ4n) is 1.53. The molecule has 102 valence electrons. The molecule has 2 rings (SSSR count). The largest absolute Gasteiger partial charge is 0.399 e. The van der Waals surface area contributed by atoms with Crippen molar-refractivity contribution in [1.82, 2.24) is 5.32 Å². The van der Waals surface area contributed by atoms with E-state index in [-0.39, 0.29) is 0 Å². The fraction of sp³-hybridized carbons (Fsp3) is 0.250. The third-order valence-electron chi connectivity index (χ3n) is 2.50. The number of carbonyl (C=O) groups excluding carboxylic acids is 1. The highest BCUT2D eigenvalue weighted by atomic mass is 32.1. The van der Waals surface area contributed by atoms with Gasteiger partial charge in [0.25, 0.3) is 11.8 Å². The van der Waals surface area contributed by atoms with Gasteiger partial charge >= 0.3 is 0 Å². The summed E-state index contributed by atoms with van der Waals surface area (Å²) in [6.45, 7) is -2.19. The molecule has 7 heteroatoms. The van der Waals surface area contributed by atoms with Crippen molar-refractivity contribution >= 4 is 33.0 Å². The Morgan fingerprint density at radius 2 is 2.16 bits per heavy atom. The number of fused-ring (bicyclic) bond motifs is 1. The van der Waals surface area contributed by atoms with Gasteiger partial charge in [0, 0.05) is 10.4 Å². The van der Waals surface area contributed by atoms with Crippen LogP contribution in [0.3, 0.4) is 0 Å². The molecule has 0 aliphatic rings. The minimum atomic E-state index is -3.31.